The van der Waals surface area contributed by atoms with Crippen LogP contribution in [0.15, 0.2) is 36.8 Å². The minimum absolute atomic E-state index is 0.204. The van der Waals surface area contributed by atoms with Gasteiger partial charge in [-0.25, -0.2) is 19.7 Å². The van der Waals surface area contributed by atoms with E-state index in [2.05, 4.69) is 24.8 Å². The van der Waals surface area contributed by atoms with E-state index in [-0.39, 0.29) is 5.56 Å². The van der Waals surface area contributed by atoms with E-state index >= 15 is 0 Å². The van der Waals surface area contributed by atoms with E-state index in [0.717, 1.165) is 37.9 Å². The van der Waals surface area contributed by atoms with E-state index in [9.17, 15) is 4.79 Å². The molecule has 108 valence electrons. The Labute approximate surface area is 121 Å². The first-order valence-corrected chi connectivity index (χ1v) is 6.70. The second-order valence-corrected chi connectivity index (χ2v) is 4.73. The lowest BCUT2D eigenvalue weighted by Gasteiger charge is -2.35. The van der Waals surface area contributed by atoms with Gasteiger partial charge in [-0.05, 0) is 18.2 Å². The van der Waals surface area contributed by atoms with Gasteiger partial charge >= 0.3 is 5.97 Å². The predicted octanol–water partition coefficient (Wildman–Crippen LogP) is 0.896. The Bertz CT molecular complexity index is 609. The summed E-state index contributed by atoms with van der Waals surface area (Å²) in [6, 6.07) is 5.13. The highest BCUT2D eigenvalue weighted by Crippen LogP contribution is 2.16. The lowest BCUT2D eigenvalue weighted by atomic mass is 10.2. The maximum atomic E-state index is 10.8. The third-order valence-corrected chi connectivity index (χ3v) is 3.43. The molecule has 0 aromatic carbocycles. The number of aromatic carboxylic acids is 1. The Morgan fingerprint density at radius 3 is 2.24 bits per heavy atom. The standard InChI is InChI=1S/C14H15N5O2/c20-13(21)11-2-3-12(17-10-11)18-6-8-19(9-7-18)14-15-4-1-5-16-14/h1-5,10H,6-9H2,(H,20,21). The number of carboxylic acid groups (broad SMARTS) is 1. The zero-order valence-corrected chi connectivity index (χ0v) is 11.4. The zero-order chi connectivity index (χ0) is 14.7. The first kappa shape index (κ1) is 13.3. The molecule has 7 heteroatoms. The highest BCUT2D eigenvalue weighted by atomic mass is 16.4. The Hall–Kier alpha value is -2.70. The summed E-state index contributed by atoms with van der Waals surface area (Å²) in [5.74, 6) is 0.583. The van der Waals surface area contributed by atoms with Gasteiger partial charge in [0, 0.05) is 44.8 Å². The first-order chi connectivity index (χ1) is 10.2. The maximum absolute atomic E-state index is 10.8. The predicted molar refractivity (Wildman–Crippen MR) is 77.7 cm³/mol. The summed E-state index contributed by atoms with van der Waals surface area (Å²) in [7, 11) is 0. The average molecular weight is 285 g/mol. The Kier molecular flexibility index (Phi) is 3.63. The van der Waals surface area contributed by atoms with Crippen molar-refractivity contribution in [3.63, 3.8) is 0 Å². The quantitative estimate of drug-likeness (QED) is 0.897. The van der Waals surface area contributed by atoms with Crippen LogP contribution in [0, 0.1) is 0 Å². The minimum Gasteiger partial charge on any atom is -0.478 e. The molecule has 0 atom stereocenters. The molecule has 0 unspecified atom stereocenters. The molecule has 1 N–H and O–H groups in total. The molecule has 0 saturated carbocycles. The van der Waals surface area contributed by atoms with E-state index < -0.39 is 5.97 Å². The van der Waals surface area contributed by atoms with Crippen LogP contribution in [0.1, 0.15) is 10.4 Å². The van der Waals surface area contributed by atoms with Gasteiger partial charge in [0.25, 0.3) is 0 Å². The summed E-state index contributed by atoms with van der Waals surface area (Å²) in [4.78, 5) is 27.8. The summed E-state index contributed by atoms with van der Waals surface area (Å²) >= 11 is 0. The van der Waals surface area contributed by atoms with E-state index in [1.165, 1.54) is 6.20 Å². The molecule has 2 aromatic heterocycles. The molecule has 21 heavy (non-hydrogen) atoms. The number of carbonyl (C=O) groups is 1. The highest BCUT2D eigenvalue weighted by molar-refractivity contribution is 5.87. The lowest BCUT2D eigenvalue weighted by molar-refractivity contribution is 0.0696. The number of carboxylic acids is 1. The van der Waals surface area contributed by atoms with Gasteiger partial charge in [-0.3, -0.25) is 0 Å². The Balaban J connectivity index is 1.64. The number of rotatable bonds is 3. The van der Waals surface area contributed by atoms with Crippen molar-refractivity contribution in [2.75, 3.05) is 36.0 Å². The van der Waals surface area contributed by atoms with Crippen molar-refractivity contribution in [3.8, 4) is 0 Å². The number of anilines is 2. The van der Waals surface area contributed by atoms with Crippen LogP contribution >= 0.6 is 0 Å². The van der Waals surface area contributed by atoms with Crippen LogP contribution in [0.25, 0.3) is 0 Å². The Morgan fingerprint density at radius 2 is 1.67 bits per heavy atom. The molecular formula is C14H15N5O2. The van der Waals surface area contributed by atoms with Crippen molar-refractivity contribution >= 4 is 17.7 Å². The number of aromatic nitrogens is 3. The van der Waals surface area contributed by atoms with Crippen LogP contribution in [-0.2, 0) is 0 Å². The number of hydrogen-bond acceptors (Lipinski definition) is 6. The average Bonchev–Trinajstić information content (AvgIpc) is 2.56. The van der Waals surface area contributed by atoms with Gasteiger partial charge in [0.1, 0.15) is 5.82 Å². The lowest BCUT2D eigenvalue weighted by Crippen LogP contribution is -2.47. The van der Waals surface area contributed by atoms with E-state index in [1.807, 2.05) is 0 Å². The number of pyridine rings is 1. The molecule has 7 nitrogen and oxygen atoms in total. The molecule has 3 heterocycles. The molecular weight excluding hydrogens is 270 g/mol. The van der Waals surface area contributed by atoms with Crippen LogP contribution in [-0.4, -0.2) is 52.2 Å². The second-order valence-electron chi connectivity index (χ2n) is 4.73. The van der Waals surface area contributed by atoms with Gasteiger partial charge < -0.3 is 14.9 Å². The summed E-state index contributed by atoms with van der Waals surface area (Å²) in [6.45, 7) is 3.23. The Morgan fingerprint density at radius 1 is 1.00 bits per heavy atom. The van der Waals surface area contributed by atoms with Gasteiger partial charge in [0.2, 0.25) is 5.95 Å². The molecule has 3 rings (SSSR count). The smallest absolute Gasteiger partial charge is 0.337 e. The molecule has 0 aliphatic carbocycles. The largest absolute Gasteiger partial charge is 0.478 e. The number of nitrogens with zero attached hydrogens (tertiary/aromatic N) is 5. The van der Waals surface area contributed by atoms with Gasteiger partial charge in [0.05, 0.1) is 5.56 Å². The van der Waals surface area contributed by atoms with E-state index in [1.54, 1.807) is 30.6 Å². The fourth-order valence-electron chi connectivity index (χ4n) is 2.29. The zero-order valence-electron chi connectivity index (χ0n) is 11.4. The molecule has 0 radical (unpaired) electrons. The third kappa shape index (κ3) is 2.91. The summed E-state index contributed by atoms with van der Waals surface area (Å²) in [6.07, 6.45) is 4.87. The van der Waals surface area contributed by atoms with Crippen molar-refractivity contribution in [3.05, 3.63) is 42.4 Å². The van der Waals surface area contributed by atoms with Crippen molar-refractivity contribution in [2.24, 2.45) is 0 Å². The van der Waals surface area contributed by atoms with Crippen molar-refractivity contribution in [1.82, 2.24) is 15.0 Å². The maximum Gasteiger partial charge on any atom is 0.337 e. The van der Waals surface area contributed by atoms with Gasteiger partial charge in [-0.1, -0.05) is 0 Å². The number of piperazine rings is 1. The molecule has 2 aromatic rings. The van der Waals surface area contributed by atoms with Crippen LogP contribution < -0.4 is 9.80 Å². The molecule has 0 amide bonds. The second kappa shape index (κ2) is 5.74. The summed E-state index contributed by atoms with van der Waals surface area (Å²) < 4.78 is 0. The fourth-order valence-corrected chi connectivity index (χ4v) is 2.29. The third-order valence-electron chi connectivity index (χ3n) is 3.43. The van der Waals surface area contributed by atoms with Crippen LogP contribution in [0.4, 0.5) is 11.8 Å². The van der Waals surface area contributed by atoms with Gasteiger partial charge in [0.15, 0.2) is 0 Å². The van der Waals surface area contributed by atoms with Crippen LogP contribution in [0.2, 0.25) is 0 Å². The van der Waals surface area contributed by atoms with E-state index in [4.69, 9.17) is 5.11 Å². The van der Waals surface area contributed by atoms with Gasteiger partial charge in [-0.2, -0.15) is 0 Å². The van der Waals surface area contributed by atoms with Gasteiger partial charge in [-0.15, -0.1) is 0 Å². The van der Waals surface area contributed by atoms with Crippen molar-refractivity contribution < 1.29 is 9.90 Å². The molecule has 1 aliphatic rings. The first-order valence-electron chi connectivity index (χ1n) is 6.70. The SMILES string of the molecule is O=C(O)c1ccc(N2CCN(c3ncccn3)CC2)nc1. The number of hydrogen-bond donors (Lipinski definition) is 1. The minimum atomic E-state index is -0.958. The van der Waals surface area contributed by atoms with Crippen LogP contribution in [0.5, 0.6) is 0 Å². The monoisotopic (exact) mass is 285 g/mol. The van der Waals surface area contributed by atoms with Crippen molar-refractivity contribution in [2.45, 2.75) is 0 Å². The molecule has 1 fully saturated rings. The topological polar surface area (TPSA) is 82.5 Å². The summed E-state index contributed by atoms with van der Waals surface area (Å²) in [5.41, 5.74) is 0.204. The van der Waals surface area contributed by atoms with Crippen LogP contribution in [0.3, 0.4) is 0 Å². The highest BCUT2D eigenvalue weighted by Gasteiger charge is 2.19. The van der Waals surface area contributed by atoms with Crippen molar-refractivity contribution in [1.29, 1.82) is 0 Å². The summed E-state index contributed by atoms with van der Waals surface area (Å²) in [5, 5.41) is 8.87. The molecule has 0 spiro atoms. The molecule has 1 saturated heterocycles. The fraction of sp³-hybridized carbons (Fsp3) is 0.286. The molecule has 0 bridgehead atoms. The molecule has 1 aliphatic heterocycles. The normalized spacial score (nSPS) is 15.0. The van der Waals surface area contributed by atoms with E-state index in [0.29, 0.717) is 0 Å².